The number of carbonyl (C=O) groups excluding carboxylic acids is 1. The first-order valence-corrected chi connectivity index (χ1v) is 10.4. The highest BCUT2D eigenvalue weighted by Crippen LogP contribution is 2.27. The molecule has 146 valence electrons. The Hall–Kier alpha value is -1.80. The van der Waals surface area contributed by atoms with E-state index in [-0.39, 0.29) is 23.7 Å². The maximum atomic E-state index is 13.0. The number of methoxy groups -OCH3 is 1. The van der Waals surface area contributed by atoms with E-state index in [4.69, 9.17) is 27.9 Å². The van der Waals surface area contributed by atoms with Gasteiger partial charge in [0.25, 0.3) is 0 Å². The number of anilines is 1. The van der Waals surface area contributed by atoms with Crippen LogP contribution in [0.1, 0.15) is 13.3 Å². The largest absolute Gasteiger partial charge is 0.495 e. The van der Waals surface area contributed by atoms with Gasteiger partial charge in [0.05, 0.1) is 24.4 Å². The maximum absolute atomic E-state index is 13.0. The Morgan fingerprint density at radius 3 is 2.56 bits per heavy atom. The number of amides is 1. The van der Waals surface area contributed by atoms with Crippen molar-refractivity contribution in [2.24, 2.45) is 0 Å². The van der Waals surface area contributed by atoms with Crippen LogP contribution in [-0.2, 0) is 14.8 Å². The minimum absolute atomic E-state index is 0.00883. The van der Waals surface area contributed by atoms with Gasteiger partial charge in [0, 0.05) is 11.6 Å². The molecule has 27 heavy (non-hydrogen) atoms. The van der Waals surface area contributed by atoms with Gasteiger partial charge in [0.1, 0.15) is 10.6 Å². The molecular formula is C18H20Cl2N2O4S. The summed E-state index contributed by atoms with van der Waals surface area (Å²) in [5, 5.41) is 3.31. The molecule has 0 aliphatic rings. The molecule has 0 atom stereocenters. The van der Waals surface area contributed by atoms with Crippen LogP contribution in [0.3, 0.4) is 0 Å². The molecule has 1 N–H and O–H groups in total. The summed E-state index contributed by atoms with van der Waals surface area (Å²) in [6.07, 6.45) is 0.541. The van der Waals surface area contributed by atoms with Gasteiger partial charge < -0.3 is 10.1 Å². The fourth-order valence-corrected chi connectivity index (χ4v) is 4.43. The molecule has 0 aliphatic carbocycles. The first-order valence-electron chi connectivity index (χ1n) is 8.17. The highest BCUT2D eigenvalue weighted by molar-refractivity contribution is 7.89. The minimum Gasteiger partial charge on any atom is -0.495 e. The number of hydrogen-bond donors (Lipinski definition) is 1. The van der Waals surface area contributed by atoms with Crippen LogP contribution in [0.2, 0.25) is 10.0 Å². The average Bonchev–Trinajstić information content (AvgIpc) is 2.64. The number of hydrogen-bond acceptors (Lipinski definition) is 4. The zero-order valence-corrected chi connectivity index (χ0v) is 17.2. The molecule has 0 unspecified atom stereocenters. The smallest absolute Gasteiger partial charge is 0.247 e. The Labute approximate surface area is 169 Å². The predicted molar refractivity (Wildman–Crippen MR) is 107 cm³/mol. The molecule has 0 bridgehead atoms. The Kier molecular flexibility index (Phi) is 7.49. The monoisotopic (exact) mass is 430 g/mol. The van der Waals surface area contributed by atoms with E-state index in [2.05, 4.69) is 5.32 Å². The molecule has 0 fully saturated rings. The molecule has 0 heterocycles. The Morgan fingerprint density at radius 1 is 1.19 bits per heavy atom. The van der Waals surface area contributed by atoms with Gasteiger partial charge in [-0.1, -0.05) is 42.3 Å². The highest BCUT2D eigenvalue weighted by atomic mass is 35.5. The van der Waals surface area contributed by atoms with Crippen molar-refractivity contribution >= 4 is 44.8 Å². The molecule has 0 saturated heterocycles. The number of para-hydroxylation sites is 1. The molecule has 2 aromatic carbocycles. The molecule has 2 aromatic rings. The van der Waals surface area contributed by atoms with Gasteiger partial charge in [-0.05, 0) is 36.8 Å². The maximum Gasteiger partial charge on any atom is 0.247 e. The molecule has 2 rings (SSSR count). The molecule has 1 amide bonds. The quantitative estimate of drug-likeness (QED) is 0.685. The number of rotatable bonds is 8. The summed E-state index contributed by atoms with van der Waals surface area (Å²) >= 11 is 12.0. The zero-order chi connectivity index (χ0) is 20.0. The first-order chi connectivity index (χ1) is 12.8. The van der Waals surface area contributed by atoms with Crippen LogP contribution in [-0.4, -0.2) is 38.8 Å². The third-order valence-corrected chi connectivity index (χ3v) is 6.13. The molecule has 0 saturated carbocycles. The number of nitrogens with zero attached hydrogens (tertiary/aromatic N) is 1. The van der Waals surface area contributed by atoms with E-state index in [1.54, 1.807) is 30.3 Å². The van der Waals surface area contributed by atoms with Crippen molar-refractivity contribution in [2.75, 3.05) is 25.5 Å². The van der Waals surface area contributed by atoms with Crippen molar-refractivity contribution in [1.29, 1.82) is 0 Å². The highest BCUT2D eigenvalue weighted by Gasteiger charge is 2.28. The standard InChI is InChI=1S/C18H20Cl2N2O4S/c1-3-10-22(27(24,25)17-7-5-4-6-16(17)26-2)12-18(23)21-15-11-13(19)8-9-14(15)20/h4-9,11H,3,10,12H2,1-2H3,(H,21,23). The molecule has 0 spiro atoms. The van der Waals surface area contributed by atoms with Crippen molar-refractivity contribution in [2.45, 2.75) is 18.2 Å². The summed E-state index contributed by atoms with van der Waals surface area (Å²) in [6, 6.07) is 10.9. The number of sulfonamides is 1. The van der Waals surface area contributed by atoms with Crippen LogP contribution in [0.25, 0.3) is 0 Å². The van der Waals surface area contributed by atoms with Crippen molar-refractivity contribution in [1.82, 2.24) is 4.31 Å². The minimum atomic E-state index is -3.92. The normalized spacial score (nSPS) is 11.4. The number of benzene rings is 2. The lowest BCUT2D eigenvalue weighted by Crippen LogP contribution is -2.38. The molecule has 0 aliphatic heterocycles. The van der Waals surface area contributed by atoms with Gasteiger partial charge in [-0.2, -0.15) is 4.31 Å². The van der Waals surface area contributed by atoms with E-state index in [0.29, 0.717) is 22.2 Å². The third kappa shape index (κ3) is 5.35. The molecule has 6 nitrogen and oxygen atoms in total. The summed E-state index contributed by atoms with van der Waals surface area (Å²) in [6.45, 7) is 1.64. The second-order valence-electron chi connectivity index (χ2n) is 5.66. The van der Waals surface area contributed by atoms with Crippen LogP contribution in [0.5, 0.6) is 5.75 Å². The van der Waals surface area contributed by atoms with Crippen LogP contribution >= 0.6 is 23.2 Å². The van der Waals surface area contributed by atoms with E-state index < -0.39 is 15.9 Å². The lowest BCUT2D eigenvalue weighted by atomic mass is 10.3. The summed E-state index contributed by atoms with van der Waals surface area (Å²) in [7, 11) is -2.53. The van der Waals surface area contributed by atoms with Gasteiger partial charge in [0.2, 0.25) is 15.9 Å². The van der Waals surface area contributed by atoms with Crippen LogP contribution < -0.4 is 10.1 Å². The fourth-order valence-electron chi connectivity index (χ4n) is 2.45. The number of ether oxygens (including phenoxy) is 1. The van der Waals surface area contributed by atoms with Crippen molar-refractivity contribution < 1.29 is 17.9 Å². The number of carbonyl (C=O) groups is 1. The van der Waals surface area contributed by atoms with E-state index >= 15 is 0 Å². The number of nitrogens with one attached hydrogen (secondary N) is 1. The lowest BCUT2D eigenvalue weighted by molar-refractivity contribution is -0.116. The van der Waals surface area contributed by atoms with E-state index in [9.17, 15) is 13.2 Å². The van der Waals surface area contributed by atoms with Crippen LogP contribution in [0.4, 0.5) is 5.69 Å². The zero-order valence-electron chi connectivity index (χ0n) is 14.9. The lowest BCUT2D eigenvalue weighted by Gasteiger charge is -2.22. The SMILES string of the molecule is CCCN(CC(=O)Nc1cc(Cl)ccc1Cl)S(=O)(=O)c1ccccc1OC. The van der Waals surface area contributed by atoms with E-state index in [1.807, 2.05) is 6.92 Å². The summed E-state index contributed by atoms with van der Waals surface area (Å²) < 4.78 is 32.3. The van der Waals surface area contributed by atoms with Gasteiger partial charge in [-0.25, -0.2) is 8.42 Å². The average molecular weight is 431 g/mol. The summed E-state index contributed by atoms with van der Waals surface area (Å²) in [5.41, 5.74) is 0.320. The van der Waals surface area contributed by atoms with Crippen molar-refractivity contribution in [3.8, 4) is 5.75 Å². The van der Waals surface area contributed by atoms with Crippen LogP contribution in [0.15, 0.2) is 47.4 Å². The molecular weight excluding hydrogens is 411 g/mol. The number of halogens is 2. The van der Waals surface area contributed by atoms with Gasteiger partial charge in [-0.3, -0.25) is 4.79 Å². The molecule has 0 aromatic heterocycles. The second kappa shape index (κ2) is 9.41. The Balaban J connectivity index is 2.26. The first kappa shape index (κ1) is 21.5. The van der Waals surface area contributed by atoms with Gasteiger partial charge in [0.15, 0.2) is 0 Å². The molecule has 0 radical (unpaired) electrons. The van der Waals surface area contributed by atoms with Gasteiger partial charge >= 0.3 is 0 Å². The van der Waals surface area contributed by atoms with E-state index in [0.717, 1.165) is 4.31 Å². The topological polar surface area (TPSA) is 75.7 Å². The Morgan fingerprint density at radius 2 is 1.89 bits per heavy atom. The fraction of sp³-hybridized carbons (Fsp3) is 0.278. The van der Waals surface area contributed by atoms with Crippen molar-refractivity contribution in [3.63, 3.8) is 0 Å². The van der Waals surface area contributed by atoms with E-state index in [1.165, 1.54) is 19.2 Å². The van der Waals surface area contributed by atoms with Crippen molar-refractivity contribution in [3.05, 3.63) is 52.5 Å². The summed E-state index contributed by atoms with van der Waals surface area (Å²) in [5.74, 6) is -0.303. The third-order valence-electron chi connectivity index (χ3n) is 3.68. The van der Waals surface area contributed by atoms with Gasteiger partial charge in [-0.15, -0.1) is 0 Å². The van der Waals surface area contributed by atoms with Crippen LogP contribution in [0, 0.1) is 0 Å². The summed E-state index contributed by atoms with van der Waals surface area (Å²) in [4.78, 5) is 12.5. The predicted octanol–water partition coefficient (Wildman–Crippen LogP) is 4.04. The second-order valence-corrected chi connectivity index (χ2v) is 8.41. The Bertz CT molecular complexity index is 919. The molecule has 9 heteroatoms.